The van der Waals surface area contributed by atoms with E-state index in [1.807, 2.05) is 24.3 Å². The lowest BCUT2D eigenvalue weighted by Crippen LogP contribution is -3.19. The summed E-state index contributed by atoms with van der Waals surface area (Å²) in [6.45, 7) is 6.32. The van der Waals surface area contributed by atoms with Gasteiger partial charge in [0.15, 0.2) is 0 Å². The molecule has 3 fully saturated rings. The van der Waals surface area contributed by atoms with Crippen LogP contribution in [0, 0.1) is 5.41 Å². The minimum Gasteiger partial charge on any atom is -0.497 e. The molecule has 4 heteroatoms. The van der Waals surface area contributed by atoms with E-state index >= 15 is 0 Å². The molecule has 0 spiro atoms. The molecule has 3 saturated heterocycles. The van der Waals surface area contributed by atoms with Crippen LogP contribution in [0.5, 0.6) is 5.75 Å². The maximum atomic E-state index is 11.2. The van der Waals surface area contributed by atoms with E-state index in [4.69, 9.17) is 4.74 Å². The molecule has 0 unspecified atom stereocenters. The number of piperidine rings is 3. The van der Waals surface area contributed by atoms with Crippen molar-refractivity contribution in [2.24, 2.45) is 5.41 Å². The van der Waals surface area contributed by atoms with Crippen LogP contribution in [0.1, 0.15) is 30.9 Å². The molecule has 0 aliphatic carbocycles. The van der Waals surface area contributed by atoms with Crippen molar-refractivity contribution >= 4 is 10.9 Å². The van der Waals surface area contributed by atoms with Crippen LogP contribution in [0.15, 0.2) is 43.1 Å². The molecule has 1 aromatic heterocycles. The molecular weight excluding hydrogens is 300 g/mol. The predicted molar refractivity (Wildman–Crippen MR) is 94.2 cm³/mol. The zero-order chi connectivity index (χ0) is 16.7. The maximum Gasteiger partial charge on any atom is 0.131 e. The van der Waals surface area contributed by atoms with E-state index in [9.17, 15) is 5.11 Å². The molecule has 5 rings (SSSR count). The fourth-order valence-corrected chi connectivity index (χ4v) is 4.60. The summed E-state index contributed by atoms with van der Waals surface area (Å²) in [5.74, 6) is 0.796. The Morgan fingerprint density at radius 1 is 1.38 bits per heavy atom. The third-order valence-electron chi connectivity index (χ3n) is 6.15. The Labute approximate surface area is 142 Å². The van der Waals surface area contributed by atoms with Gasteiger partial charge in [-0.05, 0) is 29.8 Å². The van der Waals surface area contributed by atoms with E-state index in [0.717, 1.165) is 41.7 Å². The summed E-state index contributed by atoms with van der Waals surface area (Å²) in [6, 6.07) is 8.03. The first-order chi connectivity index (χ1) is 11.7. The molecule has 2 atom stereocenters. The molecule has 0 amide bonds. The molecule has 3 aliphatic heterocycles. The molecule has 4 nitrogen and oxygen atoms in total. The molecule has 2 N–H and O–H groups in total. The fourth-order valence-electron chi connectivity index (χ4n) is 4.60. The highest BCUT2D eigenvalue weighted by Crippen LogP contribution is 2.40. The van der Waals surface area contributed by atoms with Crippen LogP contribution in [0.4, 0.5) is 0 Å². The highest BCUT2D eigenvalue weighted by atomic mass is 16.5. The van der Waals surface area contributed by atoms with Crippen molar-refractivity contribution in [3.8, 4) is 5.75 Å². The lowest BCUT2D eigenvalue weighted by Gasteiger charge is -2.50. The molecule has 24 heavy (non-hydrogen) atoms. The molecular formula is C20H25N2O2+. The van der Waals surface area contributed by atoms with Gasteiger partial charge in [0.05, 0.1) is 25.7 Å². The quantitative estimate of drug-likeness (QED) is 0.844. The predicted octanol–water partition coefficient (Wildman–Crippen LogP) is 1.90. The summed E-state index contributed by atoms with van der Waals surface area (Å²) in [7, 11) is 1.66. The van der Waals surface area contributed by atoms with Crippen molar-refractivity contribution in [1.29, 1.82) is 0 Å². The number of nitrogens with one attached hydrogen (secondary N) is 1. The third kappa shape index (κ3) is 2.41. The Bertz CT molecular complexity index is 765. The van der Waals surface area contributed by atoms with Crippen molar-refractivity contribution in [3.05, 3.63) is 48.7 Å². The van der Waals surface area contributed by atoms with E-state index < -0.39 is 6.10 Å². The number of hydrogen-bond acceptors (Lipinski definition) is 3. The highest BCUT2D eigenvalue weighted by molar-refractivity contribution is 5.83. The van der Waals surface area contributed by atoms with Crippen LogP contribution in [0.2, 0.25) is 0 Å². The monoisotopic (exact) mass is 325 g/mol. The Morgan fingerprint density at radius 3 is 2.88 bits per heavy atom. The standard InChI is InChI=1S/C20H24N2O2/c1-3-20-7-10-22(11-8-20)18(13-20)19(23)15-6-9-21-17-5-4-14(24-2)12-16(15)17/h3-6,9,12,18-19,23H,1,7-8,10-11,13H2,2H3/p+1/t18-,19+/m1/s1. The number of pyridine rings is 1. The summed E-state index contributed by atoms with van der Waals surface area (Å²) in [5.41, 5.74) is 2.08. The summed E-state index contributed by atoms with van der Waals surface area (Å²) in [5, 5.41) is 12.2. The van der Waals surface area contributed by atoms with E-state index in [1.165, 1.54) is 17.7 Å². The van der Waals surface area contributed by atoms with Crippen LogP contribution >= 0.6 is 0 Å². The summed E-state index contributed by atoms with van der Waals surface area (Å²) in [4.78, 5) is 5.96. The number of ether oxygens (including phenoxy) is 1. The molecule has 0 radical (unpaired) electrons. The molecule has 3 aliphatic rings. The first kappa shape index (κ1) is 15.6. The zero-order valence-electron chi connectivity index (χ0n) is 14.2. The zero-order valence-corrected chi connectivity index (χ0v) is 14.2. The summed E-state index contributed by atoms with van der Waals surface area (Å²) < 4.78 is 5.36. The first-order valence-corrected chi connectivity index (χ1v) is 8.75. The van der Waals surface area contributed by atoms with Gasteiger partial charge in [-0.15, -0.1) is 6.58 Å². The summed E-state index contributed by atoms with van der Waals surface area (Å²) >= 11 is 0. The lowest BCUT2D eigenvalue weighted by atomic mass is 9.67. The van der Waals surface area contributed by atoms with Gasteiger partial charge < -0.3 is 14.7 Å². The summed E-state index contributed by atoms with van der Waals surface area (Å²) in [6.07, 6.45) is 6.84. The SMILES string of the molecule is C=CC12CC[NH+](CC1)[C@@H]([C@@H](O)c1ccnc3ccc(OC)cc13)C2. The normalized spacial score (nSPS) is 30.2. The number of aliphatic hydroxyl groups excluding tert-OH is 1. The largest absolute Gasteiger partial charge is 0.497 e. The van der Waals surface area contributed by atoms with Gasteiger partial charge in [0.2, 0.25) is 0 Å². The number of aromatic nitrogens is 1. The van der Waals surface area contributed by atoms with Crippen LogP contribution < -0.4 is 9.64 Å². The van der Waals surface area contributed by atoms with Crippen LogP contribution in [-0.2, 0) is 0 Å². The number of nitrogens with zero attached hydrogens (tertiary/aromatic N) is 1. The maximum absolute atomic E-state index is 11.2. The Hall–Kier alpha value is -1.91. The topological polar surface area (TPSA) is 46.8 Å². The molecule has 0 saturated carbocycles. The van der Waals surface area contributed by atoms with Crippen molar-refractivity contribution in [2.45, 2.75) is 31.4 Å². The van der Waals surface area contributed by atoms with Gasteiger partial charge >= 0.3 is 0 Å². The van der Waals surface area contributed by atoms with Crippen LogP contribution in [0.3, 0.4) is 0 Å². The fraction of sp³-hybridized carbons (Fsp3) is 0.450. The third-order valence-corrected chi connectivity index (χ3v) is 6.15. The number of allylic oxidation sites excluding steroid dienone is 1. The molecule has 2 bridgehead atoms. The van der Waals surface area contributed by atoms with Crippen molar-refractivity contribution in [3.63, 3.8) is 0 Å². The highest BCUT2D eigenvalue weighted by Gasteiger charge is 2.48. The second kappa shape index (κ2) is 5.87. The smallest absolute Gasteiger partial charge is 0.131 e. The minimum atomic E-state index is -0.488. The Balaban J connectivity index is 1.73. The van der Waals surface area contributed by atoms with Crippen molar-refractivity contribution in [1.82, 2.24) is 4.98 Å². The molecule has 1 aromatic carbocycles. The van der Waals surface area contributed by atoms with E-state index in [-0.39, 0.29) is 11.5 Å². The number of fused-ring (bicyclic) bond motifs is 4. The Morgan fingerprint density at radius 2 is 2.17 bits per heavy atom. The molecule has 2 aromatic rings. The second-order valence-corrected chi connectivity index (χ2v) is 7.26. The first-order valence-electron chi connectivity index (χ1n) is 8.75. The van der Waals surface area contributed by atoms with Crippen LogP contribution in [-0.4, -0.2) is 36.3 Å². The number of quaternary nitrogens is 1. The Kier molecular flexibility index (Phi) is 3.82. The van der Waals surface area contributed by atoms with Gasteiger partial charge in [-0.3, -0.25) is 4.98 Å². The van der Waals surface area contributed by atoms with E-state index in [1.54, 1.807) is 13.3 Å². The van der Waals surface area contributed by atoms with Gasteiger partial charge in [-0.2, -0.15) is 0 Å². The van der Waals surface area contributed by atoms with Gasteiger partial charge in [-0.25, -0.2) is 0 Å². The second-order valence-electron chi connectivity index (χ2n) is 7.26. The van der Waals surface area contributed by atoms with Crippen LogP contribution in [0.25, 0.3) is 10.9 Å². The number of methoxy groups -OCH3 is 1. The lowest BCUT2D eigenvalue weighted by molar-refractivity contribution is -0.948. The number of rotatable bonds is 4. The number of benzene rings is 1. The molecule has 4 heterocycles. The number of aliphatic hydroxyl groups is 1. The average Bonchev–Trinajstić information content (AvgIpc) is 2.67. The minimum absolute atomic E-state index is 0.216. The van der Waals surface area contributed by atoms with E-state index in [2.05, 4.69) is 17.6 Å². The van der Waals surface area contributed by atoms with Gasteiger partial charge in [0, 0.05) is 36.3 Å². The van der Waals surface area contributed by atoms with Gasteiger partial charge in [0.1, 0.15) is 17.9 Å². The average molecular weight is 325 g/mol. The van der Waals surface area contributed by atoms with E-state index in [0.29, 0.717) is 0 Å². The van der Waals surface area contributed by atoms with Crippen molar-refractivity contribution < 1.29 is 14.7 Å². The number of hydrogen-bond donors (Lipinski definition) is 2. The van der Waals surface area contributed by atoms with Gasteiger partial charge in [0.25, 0.3) is 0 Å². The van der Waals surface area contributed by atoms with Crippen molar-refractivity contribution in [2.75, 3.05) is 20.2 Å². The van der Waals surface area contributed by atoms with Gasteiger partial charge in [-0.1, -0.05) is 6.08 Å². The molecule has 126 valence electrons.